The smallest absolute Gasteiger partial charge is 0.277 e. The maximum atomic E-state index is 12.3. The minimum atomic E-state index is -3.66. The molecule has 0 bridgehead atoms. The highest BCUT2D eigenvalue weighted by Crippen LogP contribution is 2.12. The number of amides is 1. The fourth-order valence-corrected chi connectivity index (χ4v) is 3.11. The van der Waals surface area contributed by atoms with Crippen molar-refractivity contribution in [3.8, 4) is 0 Å². The Balaban J connectivity index is 2.01. The van der Waals surface area contributed by atoms with Gasteiger partial charge in [0.1, 0.15) is 0 Å². The molecule has 1 aliphatic heterocycles. The molecule has 0 aromatic heterocycles. The second kappa shape index (κ2) is 6.21. The van der Waals surface area contributed by atoms with Crippen molar-refractivity contribution in [2.45, 2.75) is 5.33 Å². The maximum Gasteiger partial charge on any atom is 0.277 e. The Hall–Kier alpha value is -0.960. The minimum Gasteiger partial charge on any atom is -0.336 e. The van der Waals surface area contributed by atoms with Crippen molar-refractivity contribution in [1.82, 2.24) is 9.21 Å². The van der Waals surface area contributed by atoms with Crippen LogP contribution < -0.4 is 5.14 Å². The number of hydrogen-bond donors (Lipinski definition) is 1. The average Bonchev–Trinajstić information content (AvgIpc) is 2.46. The summed E-state index contributed by atoms with van der Waals surface area (Å²) in [5.41, 5.74) is 1.71. The van der Waals surface area contributed by atoms with E-state index in [-0.39, 0.29) is 19.0 Å². The molecule has 110 valence electrons. The summed E-state index contributed by atoms with van der Waals surface area (Å²) in [4.78, 5) is 13.9. The largest absolute Gasteiger partial charge is 0.336 e. The van der Waals surface area contributed by atoms with Crippen molar-refractivity contribution in [2.75, 3.05) is 26.2 Å². The average molecular weight is 362 g/mol. The van der Waals surface area contributed by atoms with Gasteiger partial charge in [-0.15, -0.1) is 0 Å². The molecule has 1 aromatic carbocycles. The second-order valence-corrected chi connectivity index (χ2v) is 6.67. The van der Waals surface area contributed by atoms with Crippen molar-refractivity contribution in [3.63, 3.8) is 0 Å². The van der Waals surface area contributed by atoms with Gasteiger partial charge in [-0.3, -0.25) is 4.79 Å². The molecule has 1 aliphatic rings. The van der Waals surface area contributed by atoms with E-state index < -0.39 is 10.2 Å². The van der Waals surface area contributed by atoms with Gasteiger partial charge in [0.2, 0.25) is 0 Å². The Bertz CT molecular complexity index is 580. The summed E-state index contributed by atoms with van der Waals surface area (Å²) in [7, 11) is -3.66. The van der Waals surface area contributed by atoms with Crippen molar-refractivity contribution >= 4 is 32.0 Å². The summed E-state index contributed by atoms with van der Waals surface area (Å²) < 4.78 is 23.6. The lowest BCUT2D eigenvalue weighted by molar-refractivity contribution is 0.0698. The van der Waals surface area contributed by atoms with E-state index >= 15 is 0 Å². The number of rotatable bonds is 3. The number of halogens is 1. The predicted molar refractivity (Wildman–Crippen MR) is 79.7 cm³/mol. The zero-order valence-electron chi connectivity index (χ0n) is 10.8. The fraction of sp³-hybridized carbons (Fsp3) is 0.417. The third kappa shape index (κ3) is 3.57. The summed E-state index contributed by atoms with van der Waals surface area (Å²) in [5.74, 6) is -0.0832. The van der Waals surface area contributed by atoms with Gasteiger partial charge in [0.15, 0.2) is 0 Å². The fourth-order valence-electron chi connectivity index (χ4n) is 2.06. The third-order valence-electron chi connectivity index (χ3n) is 3.24. The minimum absolute atomic E-state index is 0.0832. The highest BCUT2D eigenvalue weighted by molar-refractivity contribution is 9.08. The molecule has 0 saturated carbocycles. The highest BCUT2D eigenvalue weighted by Gasteiger charge is 2.26. The predicted octanol–water partition coefficient (Wildman–Crippen LogP) is 0.543. The van der Waals surface area contributed by atoms with Crippen LogP contribution in [0.25, 0.3) is 0 Å². The van der Waals surface area contributed by atoms with E-state index in [1.54, 1.807) is 17.0 Å². The van der Waals surface area contributed by atoms with E-state index in [9.17, 15) is 13.2 Å². The van der Waals surface area contributed by atoms with Gasteiger partial charge in [0, 0.05) is 37.1 Å². The number of carbonyl (C=O) groups is 1. The van der Waals surface area contributed by atoms with Crippen molar-refractivity contribution in [3.05, 3.63) is 35.4 Å². The Morgan fingerprint density at radius 2 is 1.70 bits per heavy atom. The number of benzene rings is 1. The molecule has 6 nitrogen and oxygen atoms in total. The van der Waals surface area contributed by atoms with E-state index in [0.717, 1.165) is 10.9 Å². The number of nitrogens with two attached hydrogens (primary N) is 1. The second-order valence-electron chi connectivity index (χ2n) is 4.57. The molecule has 2 N–H and O–H groups in total. The Morgan fingerprint density at radius 3 is 2.15 bits per heavy atom. The Kier molecular flexibility index (Phi) is 4.79. The van der Waals surface area contributed by atoms with Gasteiger partial charge < -0.3 is 4.90 Å². The highest BCUT2D eigenvalue weighted by atomic mass is 79.9. The maximum absolute atomic E-state index is 12.3. The summed E-state index contributed by atoms with van der Waals surface area (Å²) in [5, 5.41) is 5.81. The van der Waals surface area contributed by atoms with Gasteiger partial charge in [-0.1, -0.05) is 28.1 Å². The van der Waals surface area contributed by atoms with Crippen LogP contribution in [0.3, 0.4) is 0 Å². The molecular formula is C12H16BrN3O3S. The van der Waals surface area contributed by atoms with Crippen LogP contribution in [-0.2, 0) is 15.5 Å². The number of piperazine rings is 1. The number of alkyl halides is 1. The SMILES string of the molecule is NS(=O)(=O)N1CCN(C(=O)c2ccc(CBr)cc2)CC1. The zero-order chi connectivity index (χ0) is 14.8. The topological polar surface area (TPSA) is 83.7 Å². The molecule has 1 heterocycles. The molecule has 1 fully saturated rings. The third-order valence-corrected chi connectivity index (χ3v) is 4.97. The van der Waals surface area contributed by atoms with E-state index in [4.69, 9.17) is 5.14 Å². The van der Waals surface area contributed by atoms with E-state index in [2.05, 4.69) is 15.9 Å². The van der Waals surface area contributed by atoms with Crippen LogP contribution in [0, 0.1) is 0 Å². The molecule has 8 heteroatoms. The zero-order valence-corrected chi connectivity index (χ0v) is 13.2. The first-order valence-corrected chi connectivity index (χ1v) is 8.76. The summed E-state index contributed by atoms with van der Waals surface area (Å²) in [6.07, 6.45) is 0. The van der Waals surface area contributed by atoms with Gasteiger partial charge >= 0.3 is 0 Å². The lowest BCUT2D eigenvalue weighted by Gasteiger charge is -2.33. The summed E-state index contributed by atoms with van der Waals surface area (Å²) in [6, 6.07) is 7.35. The van der Waals surface area contributed by atoms with Gasteiger partial charge in [-0.2, -0.15) is 12.7 Å². The van der Waals surface area contributed by atoms with Gasteiger partial charge in [0.05, 0.1) is 0 Å². The quantitative estimate of drug-likeness (QED) is 0.797. The van der Waals surface area contributed by atoms with E-state index in [0.29, 0.717) is 18.7 Å². The normalized spacial score (nSPS) is 17.2. The van der Waals surface area contributed by atoms with Crippen molar-refractivity contribution in [1.29, 1.82) is 0 Å². The summed E-state index contributed by atoms with van der Waals surface area (Å²) in [6.45, 7) is 1.19. The molecule has 0 radical (unpaired) electrons. The molecule has 0 atom stereocenters. The molecule has 0 aliphatic carbocycles. The molecular weight excluding hydrogens is 346 g/mol. The molecule has 2 rings (SSSR count). The van der Waals surface area contributed by atoms with Gasteiger partial charge in [-0.25, -0.2) is 5.14 Å². The Labute approximate surface area is 126 Å². The number of hydrogen-bond acceptors (Lipinski definition) is 3. The van der Waals surface area contributed by atoms with Crippen LogP contribution in [0.15, 0.2) is 24.3 Å². The molecule has 0 spiro atoms. The summed E-state index contributed by atoms with van der Waals surface area (Å²) >= 11 is 3.35. The molecule has 1 aromatic rings. The van der Waals surface area contributed by atoms with Crippen LogP contribution in [0.4, 0.5) is 0 Å². The van der Waals surface area contributed by atoms with Gasteiger partial charge in [0.25, 0.3) is 16.1 Å². The Morgan fingerprint density at radius 1 is 1.15 bits per heavy atom. The van der Waals surface area contributed by atoms with Crippen LogP contribution in [0.2, 0.25) is 0 Å². The number of nitrogens with zero attached hydrogens (tertiary/aromatic N) is 2. The first-order chi connectivity index (χ1) is 9.41. The van der Waals surface area contributed by atoms with Crippen LogP contribution in [0.1, 0.15) is 15.9 Å². The molecule has 1 saturated heterocycles. The molecule has 1 amide bonds. The van der Waals surface area contributed by atoms with Crippen LogP contribution >= 0.6 is 15.9 Å². The van der Waals surface area contributed by atoms with Crippen LogP contribution in [-0.4, -0.2) is 49.7 Å². The lowest BCUT2D eigenvalue weighted by atomic mass is 10.1. The standard InChI is InChI=1S/C12H16BrN3O3S/c13-9-10-1-3-11(4-2-10)12(17)15-5-7-16(8-6-15)20(14,18)19/h1-4H,5-9H2,(H2,14,18,19). The lowest BCUT2D eigenvalue weighted by Crippen LogP contribution is -2.52. The monoisotopic (exact) mass is 361 g/mol. The first-order valence-electron chi connectivity index (χ1n) is 6.14. The molecule has 0 unspecified atom stereocenters. The van der Waals surface area contributed by atoms with Crippen molar-refractivity contribution in [2.24, 2.45) is 5.14 Å². The van der Waals surface area contributed by atoms with Crippen LogP contribution in [0.5, 0.6) is 0 Å². The van der Waals surface area contributed by atoms with Crippen molar-refractivity contribution < 1.29 is 13.2 Å². The van der Waals surface area contributed by atoms with Gasteiger partial charge in [-0.05, 0) is 17.7 Å². The van der Waals surface area contributed by atoms with E-state index in [1.807, 2.05) is 12.1 Å². The first kappa shape index (κ1) is 15.4. The number of carbonyl (C=O) groups excluding carboxylic acids is 1. The van der Waals surface area contributed by atoms with E-state index in [1.165, 1.54) is 4.31 Å². The molecule has 20 heavy (non-hydrogen) atoms.